The Bertz CT molecular complexity index is 1120. The molecule has 0 aliphatic heterocycles. The number of hydrogen-bond donors (Lipinski definition) is 0. The van der Waals surface area contributed by atoms with Crippen molar-refractivity contribution in [3.05, 3.63) is 108 Å². The second-order valence-corrected chi connectivity index (χ2v) is 6.90. The molecule has 150 valence electrons. The smallest absolute Gasteiger partial charge is 0.294 e. The summed E-state index contributed by atoms with van der Waals surface area (Å²) in [6.45, 7) is 0.895. The number of carbonyl (C=O) groups is 1. The van der Waals surface area contributed by atoms with Gasteiger partial charge in [0, 0.05) is 5.56 Å². The maximum Gasteiger partial charge on any atom is 0.294 e. The third-order valence-corrected chi connectivity index (χ3v) is 4.99. The van der Waals surface area contributed by atoms with E-state index in [-0.39, 0.29) is 0 Å². The SMILES string of the molecule is COc1ccc2cc(OCc3ccccc3)c(C(OC=O)c3ccccc3)cc2c1. The largest absolute Gasteiger partial charge is 0.497 e. The molecule has 4 rings (SSSR count). The van der Waals surface area contributed by atoms with Crippen molar-refractivity contribution in [2.24, 2.45) is 0 Å². The van der Waals surface area contributed by atoms with E-state index >= 15 is 0 Å². The Labute approximate surface area is 175 Å². The van der Waals surface area contributed by atoms with Crippen LogP contribution in [0.3, 0.4) is 0 Å². The maximum atomic E-state index is 11.3. The van der Waals surface area contributed by atoms with Gasteiger partial charge in [-0.05, 0) is 46.2 Å². The van der Waals surface area contributed by atoms with E-state index in [1.54, 1.807) is 7.11 Å². The third-order valence-electron chi connectivity index (χ3n) is 4.99. The van der Waals surface area contributed by atoms with Crippen LogP contribution in [0.2, 0.25) is 0 Å². The summed E-state index contributed by atoms with van der Waals surface area (Å²) in [5.41, 5.74) is 2.72. The van der Waals surface area contributed by atoms with Crippen LogP contribution in [0, 0.1) is 0 Å². The summed E-state index contributed by atoms with van der Waals surface area (Å²) in [7, 11) is 1.64. The normalized spacial score (nSPS) is 11.6. The molecule has 1 atom stereocenters. The van der Waals surface area contributed by atoms with Crippen LogP contribution in [0.15, 0.2) is 91.0 Å². The molecule has 0 aliphatic carbocycles. The molecule has 0 saturated carbocycles. The average Bonchev–Trinajstić information content (AvgIpc) is 2.81. The quantitative estimate of drug-likeness (QED) is 0.358. The first-order valence-electron chi connectivity index (χ1n) is 9.71. The molecular formula is C26H22O4. The zero-order valence-electron chi connectivity index (χ0n) is 16.7. The van der Waals surface area contributed by atoms with E-state index in [1.165, 1.54) is 0 Å². The second kappa shape index (κ2) is 9.14. The van der Waals surface area contributed by atoms with Gasteiger partial charge >= 0.3 is 0 Å². The Hall–Kier alpha value is -3.79. The van der Waals surface area contributed by atoms with Crippen molar-refractivity contribution in [1.82, 2.24) is 0 Å². The van der Waals surface area contributed by atoms with Crippen LogP contribution in [0.1, 0.15) is 22.8 Å². The molecule has 0 N–H and O–H groups in total. The van der Waals surface area contributed by atoms with Crippen molar-refractivity contribution in [3.8, 4) is 11.5 Å². The van der Waals surface area contributed by atoms with E-state index in [0.29, 0.717) is 18.8 Å². The average molecular weight is 398 g/mol. The van der Waals surface area contributed by atoms with Crippen molar-refractivity contribution < 1.29 is 19.0 Å². The van der Waals surface area contributed by atoms with Gasteiger partial charge in [0.15, 0.2) is 6.10 Å². The zero-order valence-corrected chi connectivity index (χ0v) is 16.7. The number of hydrogen-bond acceptors (Lipinski definition) is 4. The molecule has 0 spiro atoms. The standard InChI is InChI=1S/C26H22O4/c1-28-23-13-12-21-16-25(29-17-19-8-4-2-5-9-19)24(15-22(21)14-23)26(30-18-27)20-10-6-3-7-11-20/h2-16,18,26H,17H2,1H3. The Morgan fingerprint density at radius 2 is 1.57 bits per heavy atom. The van der Waals surface area contributed by atoms with Gasteiger partial charge in [-0.1, -0.05) is 66.7 Å². The summed E-state index contributed by atoms with van der Waals surface area (Å²) in [6, 6.07) is 29.5. The molecular weight excluding hydrogens is 376 g/mol. The first-order chi connectivity index (χ1) is 14.8. The Kier molecular flexibility index (Phi) is 5.95. The Morgan fingerprint density at radius 3 is 2.27 bits per heavy atom. The summed E-state index contributed by atoms with van der Waals surface area (Å²) < 4.78 is 17.1. The fraction of sp³-hybridized carbons (Fsp3) is 0.115. The lowest BCUT2D eigenvalue weighted by molar-refractivity contribution is -0.132. The highest BCUT2D eigenvalue weighted by molar-refractivity contribution is 5.86. The lowest BCUT2D eigenvalue weighted by Gasteiger charge is -2.21. The van der Waals surface area contributed by atoms with Crippen molar-refractivity contribution in [1.29, 1.82) is 0 Å². The molecule has 4 aromatic carbocycles. The van der Waals surface area contributed by atoms with E-state index < -0.39 is 6.10 Å². The molecule has 0 saturated heterocycles. The van der Waals surface area contributed by atoms with Crippen molar-refractivity contribution in [2.75, 3.05) is 7.11 Å². The highest BCUT2D eigenvalue weighted by Gasteiger charge is 2.21. The summed E-state index contributed by atoms with van der Waals surface area (Å²) in [5, 5.41) is 1.99. The molecule has 0 heterocycles. The van der Waals surface area contributed by atoms with Crippen LogP contribution in [-0.4, -0.2) is 13.6 Å². The number of methoxy groups -OCH3 is 1. The van der Waals surface area contributed by atoms with Crippen molar-refractivity contribution in [2.45, 2.75) is 12.7 Å². The predicted octanol–water partition coefficient (Wildman–Crippen LogP) is 5.69. The monoisotopic (exact) mass is 398 g/mol. The number of carbonyl (C=O) groups excluding carboxylic acids is 1. The molecule has 0 aromatic heterocycles. The molecule has 4 heteroatoms. The number of fused-ring (bicyclic) bond motifs is 1. The summed E-state index contributed by atoms with van der Waals surface area (Å²) in [6.07, 6.45) is -0.579. The fourth-order valence-electron chi connectivity index (χ4n) is 3.48. The van der Waals surface area contributed by atoms with E-state index in [2.05, 4.69) is 0 Å². The fourth-order valence-corrected chi connectivity index (χ4v) is 3.48. The lowest BCUT2D eigenvalue weighted by atomic mass is 9.97. The summed E-state index contributed by atoms with van der Waals surface area (Å²) >= 11 is 0. The van der Waals surface area contributed by atoms with E-state index in [1.807, 2.05) is 91.0 Å². The zero-order chi connectivity index (χ0) is 20.8. The number of ether oxygens (including phenoxy) is 3. The molecule has 4 aromatic rings. The van der Waals surface area contributed by atoms with Crippen LogP contribution in [-0.2, 0) is 16.1 Å². The van der Waals surface area contributed by atoms with Gasteiger partial charge in [0.1, 0.15) is 18.1 Å². The van der Waals surface area contributed by atoms with E-state index in [9.17, 15) is 4.79 Å². The van der Waals surface area contributed by atoms with Gasteiger partial charge in [-0.2, -0.15) is 0 Å². The van der Waals surface area contributed by atoms with Crippen LogP contribution in [0.25, 0.3) is 10.8 Å². The molecule has 0 amide bonds. The highest BCUT2D eigenvalue weighted by Crippen LogP contribution is 2.37. The maximum absolute atomic E-state index is 11.3. The van der Waals surface area contributed by atoms with Crippen molar-refractivity contribution in [3.63, 3.8) is 0 Å². The van der Waals surface area contributed by atoms with Gasteiger partial charge in [-0.25, -0.2) is 0 Å². The van der Waals surface area contributed by atoms with Gasteiger partial charge in [0.2, 0.25) is 0 Å². The molecule has 30 heavy (non-hydrogen) atoms. The molecule has 4 nitrogen and oxygen atoms in total. The second-order valence-electron chi connectivity index (χ2n) is 6.90. The summed E-state index contributed by atoms with van der Waals surface area (Å²) in [5.74, 6) is 1.44. The van der Waals surface area contributed by atoms with Gasteiger partial charge < -0.3 is 14.2 Å². The van der Waals surface area contributed by atoms with E-state index in [0.717, 1.165) is 33.2 Å². The highest BCUT2D eigenvalue weighted by atomic mass is 16.5. The minimum Gasteiger partial charge on any atom is -0.497 e. The predicted molar refractivity (Wildman–Crippen MR) is 117 cm³/mol. The Balaban J connectivity index is 1.81. The van der Waals surface area contributed by atoms with Crippen LogP contribution >= 0.6 is 0 Å². The topological polar surface area (TPSA) is 44.8 Å². The Morgan fingerprint density at radius 1 is 0.833 bits per heavy atom. The van der Waals surface area contributed by atoms with Crippen molar-refractivity contribution >= 4 is 17.2 Å². The number of benzene rings is 4. The molecule has 0 aliphatic rings. The number of rotatable bonds is 8. The summed E-state index contributed by atoms with van der Waals surface area (Å²) in [4.78, 5) is 11.3. The van der Waals surface area contributed by atoms with Gasteiger partial charge in [-0.3, -0.25) is 4.79 Å². The van der Waals surface area contributed by atoms with Crippen LogP contribution in [0.5, 0.6) is 11.5 Å². The third kappa shape index (κ3) is 4.28. The lowest BCUT2D eigenvalue weighted by Crippen LogP contribution is -2.08. The van der Waals surface area contributed by atoms with Crippen LogP contribution in [0.4, 0.5) is 0 Å². The molecule has 0 fully saturated rings. The first kappa shape index (κ1) is 19.5. The first-order valence-corrected chi connectivity index (χ1v) is 9.71. The minimum atomic E-state index is -0.579. The van der Waals surface area contributed by atoms with Gasteiger partial charge in [0.05, 0.1) is 7.11 Å². The molecule has 1 unspecified atom stereocenters. The minimum absolute atomic E-state index is 0.415. The van der Waals surface area contributed by atoms with E-state index in [4.69, 9.17) is 14.2 Å². The van der Waals surface area contributed by atoms with Gasteiger partial charge in [0.25, 0.3) is 6.47 Å². The molecule has 0 bridgehead atoms. The van der Waals surface area contributed by atoms with Gasteiger partial charge in [-0.15, -0.1) is 0 Å². The van der Waals surface area contributed by atoms with Crippen LogP contribution < -0.4 is 9.47 Å². The molecule has 0 radical (unpaired) electrons.